The van der Waals surface area contributed by atoms with Gasteiger partial charge in [0.05, 0.1) is 24.6 Å². The Balaban J connectivity index is 1.95. The average Bonchev–Trinajstić information content (AvgIpc) is 3.40. The van der Waals surface area contributed by atoms with Gasteiger partial charge in [0, 0.05) is 22.9 Å². The van der Waals surface area contributed by atoms with Gasteiger partial charge in [-0.1, -0.05) is 42.0 Å². The summed E-state index contributed by atoms with van der Waals surface area (Å²) < 4.78 is 13.0. The average molecular weight is 439 g/mol. The Hall–Kier alpha value is -3.53. The maximum Gasteiger partial charge on any atom is 0.275 e. The zero-order chi connectivity index (χ0) is 21.8. The summed E-state index contributed by atoms with van der Waals surface area (Å²) in [6, 6.07) is 13.7. The molecule has 2 heterocycles. The number of benzene rings is 2. The van der Waals surface area contributed by atoms with Crippen LogP contribution in [0.25, 0.3) is 10.9 Å². The highest BCUT2D eigenvalue weighted by molar-refractivity contribution is 7.99. The number of amides is 1. The first-order valence-electron chi connectivity index (χ1n) is 9.72. The van der Waals surface area contributed by atoms with Gasteiger partial charge < -0.3 is 14.0 Å². The van der Waals surface area contributed by atoms with Crippen LogP contribution in [0.2, 0.25) is 0 Å². The molecule has 1 amide bonds. The molecule has 9 nitrogen and oxygen atoms in total. The maximum absolute atomic E-state index is 13.4. The fourth-order valence-electron chi connectivity index (χ4n) is 3.41. The molecule has 160 valence electrons. The number of H-pyrrole nitrogens is 1. The maximum atomic E-state index is 13.4. The highest BCUT2D eigenvalue weighted by atomic mass is 32.2. The van der Waals surface area contributed by atoms with Crippen LogP contribution >= 0.6 is 11.8 Å². The van der Waals surface area contributed by atoms with Crippen molar-refractivity contribution in [3.8, 4) is 11.5 Å². The zero-order valence-corrected chi connectivity index (χ0v) is 18.2. The van der Waals surface area contributed by atoms with E-state index in [9.17, 15) is 4.79 Å². The normalized spacial score (nSPS) is 10.9. The standard InChI is InChI=1S/C21H22N6O3S/c1-4-10-27-15-12-17(30-3)16(29-2)11-14(15)19(31-13-8-6-5-7-9-13)18(27)20(28)22-21-23-25-26-24-21/h5-9,11-12H,4,10H2,1-3H3,(H2,22,23,24,25,26,28). The van der Waals surface area contributed by atoms with Crippen LogP contribution < -0.4 is 14.8 Å². The molecule has 2 N–H and O–H groups in total. The summed E-state index contributed by atoms with van der Waals surface area (Å²) in [5, 5.41) is 17.2. The molecule has 10 heteroatoms. The lowest BCUT2D eigenvalue weighted by atomic mass is 10.2. The molecule has 2 aromatic carbocycles. The van der Waals surface area contributed by atoms with Gasteiger partial charge in [0.15, 0.2) is 11.5 Å². The predicted molar refractivity (Wildman–Crippen MR) is 118 cm³/mol. The number of nitrogens with zero attached hydrogens (tertiary/aromatic N) is 4. The summed E-state index contributed by atoms with van der Waals surface area (Å²) in [5.41, 5.74) is 1.40. The van der Waals surface area contributed by atoms with Gasteiger partial charge >= 0.3 is 0 Å². The number of tetrazole rings is 1. The molecule has 0 saturated carbocycles. The molecule has 0 unspecified atom stereocenters. The van der Waals surface area contributed by atoms with Crippen LogP contribution in [0, 0.1) is 0 Å². The smallest absolute Gasteiger partial charge is 0.275 e. The minimum absolute atomic E-state index is 0.115. The van der Waals surface area contributed by atoms with E-state index in [1.807, 2.05) is 47.0 Å². The molecule has 0 atom stereocenters. The quantitative estimate of drug-likeness (QED) is 0.428. The number of rotatable bonds is 8. The Morgan fingerprint density at radius 2 is 1.90 bits per heavy atom. The molecule has 4 rings (SSSR count). The second-order valence-electron chi connectivity index (χ2n) is 6.66. The van der Waals surface area contributed by atoms with Crippen LogP contribution in [0.15, 0.2) is 52.3 Å². The van der Waals surface area contributed by atoms with E-state index in [-0.39, 0.29) is 11.9 Å². The molecule has 0 spiro atoms. The first-order valence-corrected chi connectivity index (χ1v) is 10.5. The monoisotopic (exact) mass is 438 g/mol. The number of methoxy groups -OCH3 is 2. The second-order valence-corrected chi connectivity index (χ2v) is 7.74. The fraction of sp³-hybridized carbons (Fsp3) is 0.238. The van der Waals surface area contributed by atoms with Crippen molar-refractivity contribution in [1.29, 1.82) is 0 Å². The Bertz CT molecular complexity index is 1190. The van der Waals surface area contributed by atoms with Crippen molar-refractivity contribution in [2.45, 2.75) is 29.7 Å². The van der Waals surface area contributed by atoms with Crippen molar-refractivity contribution in [2.75, 3.05) is 19.5 Å². The molecule has 0 aliphatic carbocycles. The van der Waals surface area contributed by atoms with Gasteiger partial charge in [-0.3, -0.25) is 10.1 Å². The van der Waals surface area contributed by atoms with E-state index in [1.54, 1.807) is 14.2 Å². The largest absolute Gasteiger partial charge is 0.493 e. The van der Waals surface area contributed by atoms with Crippen LogP contribution in [0.3, 0.4) is 0 Å². The number of hydrogen-bond acceptors (Lipinski definition) is 7. The van der Waals surface area contributed by atoms with E-state index >= 15 is 0 Å². The number of carbonyl (C=O) groups is 1. The topological polar surface area (TPSA) is 107 Å². The summed E-state index contributed by atoms with van der Waals surface area (Å²) in [5.74, 6) is 1.00. The van der Waals surface area contributed by atoms with Crippen molar-refractivity contribution in [3.05, 3.63) is 48.2 Å². The number of anilines is 1. The van der Waals surface area contributed by atoms with Gasteiger partial charge in [0.25, 0.3) is 11.9 Å². The van der Waals surface area contributed by atoms with Crippen LogP contribution in [0.1, 0.15) is 23.8 Å². The Kier molecular flexibility index (Phi) is 6.08. The van der Waals surface area contributed by atoms with Crippen LogP contribution in [0.5, 0.6) is 11.5 Å². The molecule has 0 saturated heterocycles. The number of hydrogen-bond donors (Lipinski definition) is 2. The highest BCUT2D eigenvalue weighted by Crippen LogP contribution is 2.43. The van der Waals surface area contributed by atoms with E-state index in [4.69, 9.17) is 9.47 Å². The number of aryl methyl sites for hydroxylation is 1. The minimum Gasteiger partial charge on any atom is -0.493 e. The summed E-state index contributed by atoms with van der Waals surface area (Å²) in [6.07, 6.45) is 0.843. The molecular formula is C21H22N6O3S. The summed E-state index contributed by atoms with van der Waals surface area (Å²) in [7, 11) is 3.20. The third-order valence-corrected chi connectivity index (χ3v) is 5.84. The van der Waals surface area contributed by atoms with Gasteiger partial charge in [0.2, 0.25) is 0 Å². The van der Waals surface area contributed by atoms with Crippen molar-refractivity contribution in [2.24, 2.45) is 0 Å². The zero-order valence-electron chi connectivity index (χ0n) is 17.4. The van der Waals surface area contributed by atoms with Crippen LogP contribution in [0.4, 0.5) is 5.95 Å². The van der Waals surface area contributed by atoms with Gasteiger partial charge in [-0.15, -0.1) is 5.10 Å². The lowest BCUT2D eigenvalue weighted by molar-refractivity contribution is 0.101. The molecule has 0 fully saturated rings. The lowest BCUT2D eigenvalue weighted by Gasteiger charge is -2.11. The molecule has 4 aromatic rings. The van der Waals surface area contributed by atoms with Crippen LogP contribution in [-0.2, 0) is 6.54 Å². The summed E-state index contributed by atoms with van der Waals surface area (Å²) >= 11 is 1.52. The van der Waals surface area contributed by atoms with Gasteiger partial charge in [-0.05, 0) is 29.8 Å². The Labute approximate surface area is 183 Å². The first-order chi connectivity index (χ1) is 15.2. The molecule has 31 heavy (non-hydrogen) atoms. The molecule has 0 aliphatic rings. The third kappa shape index (κ3) is 4.06. The number of aromatic amines is 1. The van der Waals surface area contributed by atoms with E-state index in [0.29, 0.717) is 23.7 Å². The summed E-state index contributed by atoms with van der Waals surface area (Å²) in [4.78, 5) is 15.2. The van der Waals surface area contributed by atoms with Crippen molar-refractivity contribution < 1.29 is 14.3 Å². The van der Waals surface area contributed by atoms with E-state index in [0.717, 1.165) is 27.1 Å². The third-order valence-electron chi connectivity index (χ3n) is 4.72. The van der Waals surface area contributed by atoms with Gasteiger partial charge in [0.1, 0.15) is 5.69 Å². The minimum atomic E-state index is -0.317. The molecular weight excluding hydrogens is 416 g/mol. The highest BCUT2D eigenvalue weighted by Gasteiger charge is 2.26. The van der Waals surface area contributed by atoms with Crippen molar-refractivity contribution in [3.63, 3.8) is 0 Å². The Morgan fingerprint density at radius 3 is 2.55 bits per heavy atom. The van der Waals surface area contributed by atoms with Gasteiger partial charge in [-0.2, -0.15) is 5.21 Å². The fourth-order valence-corrected chi connectivity index (χ4v) is 4.51. The SMILES string of the molecule is CCCn1c(C(=O)Nc2nn[nH]n2)c(Sc2ccccc2)c2cc(OC)c(OC)cc21. The lowest BCUT2D eigenvalue weighted by Crippen LogP contribution is -2.18. The second kappa shape index (κ2) is 9.09. The number of carbonyl (C=O) groups excluding carboxylic acids is 1. The summed E-state index contributed by atoms with van der Waals surface area (Å²) in [6.45, 7) is 2.72. The molecule has 0 radical (unpaired) electrons. The number of fused-ring (bicyclic) bond motifs is 1. The van der Waals surface area contributed by atoms with E-state index < -0.39 is 0 Å². The first kappa shape index (κ1) is 20.7. The Morgan fingerprint density at radius 1 is 1.16 bits per heavy atom. The van der Waals surface area contributed by atoms with Gasteiger partial charge in [-0.25, -0.2) is 0 Å². The van der Waals surface area contributed by atoms with Crippen molar-refractivity contribution >= 4 is 34.5 Å². The number of nitrogens with one attached hydrogen (secondary N) is 2. The van der Waals surface area contributed by atoms with E-state index in [2.05, 4.69) is 32.9 Å². The van der Waals surface area contributed by atoms with Crippen molar-refractivity contribution in [1.82, 2.24) is 25.2 Å². The number of aromatic nitrogens is 5. The number of ether oxygens (including phenoxy) is 2. The molecule has 2 aromatic heterocycles. The molecule has 0 bridgehead atoms. The van der Waals surface area contributed by atoms with E-state index in [1.165, 1.54) is 11.8 Å². The predicted octanol–water partition coefficient (Wildman–Crippen LogP) is 3.99. The molecule has 0 aliphatic heterocycles. The van der Waals surface area contributed by atoms with Crippen LogP contribution in [-0.4, -0.2) is 45.3 Å².